The minimum Gasteiger partial charge on any atom is -0.375 e. The van der Waals surface area contributed by atoms with Gasteiger partial charge in [-0.1, -0.05) is 30.3 Å². The van der Waals surface area contributed by atoms with Gasteiger partial charge in [0.2, 0.25) is 0 Å². The Morgan fingerprint density at radius 1 is 1.29 bits per heavy atom. The van der Waals surface area contributed by atoms with Crippen LogP contribution in [0.15, 0.2) is 30.3 Å². The number of hydrogen-bond donors (Lipinski definition) is 1. The van der Waals surface area contributed by atoms with E-state index in [9.17, 15) is 0 Å². The molecule has 94 valence electrons. The van der Waals surface area contributed by atoms with E-state index in [2.05, 4.69) is 49.5 Å². The van der Waals surface area contributed by atoms with Gasteiger partial charge in [-0.05, 0) is 45.2 Å². The van der Waals surface area contributed by atoms with Gasteiger partial charge in [0.15, 0.2) is 0 Å². The van der Waals surface area contributed by atoms with Crippen molar-refractivity contribution in [3.05, 3.63) is 35.9 Å². The molecule has 1 aliphatic heterocycles. The van der Waals surface area contributed by atoms with E-state index in [1.807, 2.05) is 0 Å². The van der Waals surface area contributed by atoms with E-state index < -0.39 is 0 Å². The van der Waals surface area contributed by atoms with Crippen LogP contribution in [0.3, 0.4) is 0 Å². The maximum absolute atomic E-state index is 5.72. The maximum Gasteiger partial charge on any atom is 0.0641 e. The first kappa shape index (κ1) is 12.6. The quantitative estimate of drug-likeness (QED) is 0.863. The molecule has 0 aromatic heterocycles. The summed E-state index contributed by atoms with van der Waals surface area (Å²) in [6, 6.07) is 11.3. The second-order valence-electron chi connectivity index (χ2n) is 5.49. The van der Waals surface area contributed by atoms with Crippen LogP contribution >= 0.6 is 0 Å². The van der Waals surface area contributed by atoms with Crippen LogP contribution < -0.4 is 5.32 Å². The topological polar surface area (TPSA) is 21.3 Å². The first-order valence-electron chi connectivity index (χ1n) is 6.57. The van der Waals surface area contributed by atoms with Crippen LogP contribution in [0, 0.1) is 0 Å². The number of benzene rings is 1. The Kier molecular flexibility index (Phi) is 4.19. The monoisotopic (exact) mass is 233 g/mol. The average molecular weight is 233 g/mol. The zero-order valence-corrected chi connectivity index (χ0v) is 10.9. The van der Waals surface area contributed by atoms with Gasteiger partial charge in [-0.3, -0.25) is 0 Å². The Labute approximate surface area is 104 Å². The standard InChI is InChI=1S/C15H23NO/c1-15(2)12-14(9-11-17-15)16-10-8-13-6-4-3-5-7-13/h3-7,14,16H,8-12H2,1-2H3. The minimum atomic E-state index is 0.0443. The normalized spacial score (nSPS) is 23.5. The molecule has 1 aromatic carbocycles. The van der Waals surface area contributed by atoms with E-state index in [1.54, 1.807) is 0 Å². The van der Waals surface area contributed by atoms with E-state index in [1.165, 1.54) is 5.56 Å². The van der Waals surface area contributed by atoms with Gasteiger partial charge in [0, 0.05) is 12.6 Å². The molecule has 0 bridgehead atoms. The molecule has 1 unspecified atom stereocenters. The van der Waals surface area contributed by atoms with E-state index >= 15 is 0 Å². The largest absolute Gasteiger partial charge is 0.375 e. The van der Waals surface area contributed by atoms with Crippen molar-refractivity contribution in [2.45, 2.75) is 44.8 Å². The van der Waals surface area contributed by atoms with Crippen molar-refractivity contribution < 1.29 is 4.74 Å². The third-order valence-corrected chi connectivity index (χ3v) is 3.39. The Hall–Kier alpha value is -0.860. The molecular weight excluding hydrogens is 210 g/mol. The van der Waals surface area contributed by atoms with E-state index in [-0.39, 0.29) is 5.60 Å². The number of ether oxygens (including phenoxy) is 1. The molecule has 0 saturated carbocycles. The highest BCUT2D eigenvalue weighted by atomic mass is 16.5. The van der Waals surface area contributed by atoms with E-state index in [4.69, 9.17) is 4.74 Å². The van der Waals surface area contributed by atoms with Crippen molar-refractivity contribution in [2.75, 3.05) is 13.2 Å². The fourth-order valence-corrected chi connectivity index (χ4v) is 2.47. The molecule has 1 fully saturated rings. The third kappa shape index (κ3) is 4.14. The van der Waals surface area contributed by atoms with Crippen molar-refractivity contribution in [3.63, 3.8) is 0 Å². The number of rotatable bonds is 4. The summed E-state index contributed by atoms with van der Waals surface area (Å²) in [5, 5.41) is 3.65. The summed E-state index contributed by atoms with van der Waals surface area (Å²) in [4.78, 5) is 0. The minimum absolute atomic E-state index is 0.0443. The predicted molar refractivity (Wildman–Crippen MR) is 71.2 cm³/mol. The summed E-state index contributed by atoms with van der Waals surface area (Å²) in [7, 11) is 0. The lowest BCUT2D eigenvalue weighted by atomic mass is 9.94. The molecule has 1 heterocycles. The fourth-order valence-electron chi connectivity index (χ4n) is 2.47. The Morgan fingerprint density at radius 2 is 2.06 bits per heavy atom. The molecule has 0 aliphatic carbocycles. The molecular formula is C15H23NO. The smallest absolute Gasteiger partial charge is 0.0641 e. The number of hydrogen-bond acceptors (Lipinski definition) is 2. The zero-order chi connectivity index (χ0) is 12.1. The Bertz CT molecular complexity index is 334. The second kappa shape index (κ2) is 5.65. The molecule has 1 aliphatic rings. The maximum atomic E-state index is 5.72. The average Bonchev–Trinajstić information content (AvgIpc) is 2.29. The van der Waals surface area contributed by atoms with Gasteiger partial charge in [-0.25, -0.2) is 0 Å². The zero-order valence-electron chi connectivity index (χ0n) is 10.9. The van der Waals surface area contributed by atoms with Crippen LogP contribution in [0.5, 0.6) is 0 Å². The number of nitrogens with one attached hydrogen (secondary N) is 1. The molecule has 1 aromatic rings. The highest BCUT2D eigenvalue weighted by Gasteiger charge is 2.28. The molecule has 1 atom stereocenters. The van der Waals surface area contributed by atoms with Crippen LogP contribution in [-0.4, -0.2) is 24.8 Å². The van der Waals surface area contributed by atoms with E-state index in [0.29, 0.717) is 6.04 Å². The van der Waals surface area contributed by atoms with Crippen LogP contribution in [0.2, 0.25) is 0 Å². The summed E-state index contributed by atoms with van der Waals surface area (Å²) in [5.41, 5.74) is 1.45. The van der Waals surface area contributed by atoms with Crippen molar-refractivity contribution in [2.24, 2.45) is 0 Å². The summed E-state index contributed by atoms with van der Waals surface area (Å²) in [5.74, 6) is 0. The second-order valence-corrected chi connectivity index (χ2v) is 5.49. The van der Waals surface area contributed by atoms with Gasteiger partial charge >= 0.3 is 0 Å². The molecule has 1 N–H and O–H groups in total. The van der Waals surface area contributed by atoms with Crippen LogP contribution in [-0.2, 0) is 11.2 Å². The molecule has 1 saturated heterocycles. The van der Waals surface area contributed by atoms with Crippen LogP contribution in [0.1, 0.15) is 32.3 Å². The van der Waals surface area contributed by atoms with Gasteiger partial charge in [0.25, 0.3) is 0 Å². The fraction of sp³-hybridized carbons (Fsp3) is 0.600. The molecule has 2 rings (SSSR count). The first-order chi connectivity index (χ1) is 8.16. The third-order valence-electron chi connectivity index (χ3n) is 3.39. The Balaban J connectivity index is 1.72. The molecule has 0 spiro atoms. The highest BCUT2D eigenvalue weighted by molar-refractivity contribution is 5.14. The summed E-state index contributed by atoms with van der Waals surface area (Å²) in [6.07, 6.45) is 3.36. The van der Waals surface area contributed by atoms with Crippen molar-refractivity contribution >= 4 is 0 Å². The summed E-state index contributed by atoms with van der Waals surface area (Å²) in [6.45, 7) is 6.30. The van der Waals surface area contributed by atoms with Crippen molar-refractivity contribution in [1.29, 1.82) is 0 Å². The molecule has 0 amide bonds. The lowest BCUT2D eigenvalue weighted by Crippen LogP contribution is -2.44. The van der Waals surface area contributed by atoms with Gasteiger partial charge < -0.3 is 10.1 Å². The van der Waals surface area contributed by atoms with Crippen molar-refractivity contribution in [3.8, 4) is 0 Å². The Morgan fingerprint density at radius 3 is 2.76 bits per heavy atom. The van der Waals surface area contributed by atoms with Crippen LogP contribution in [0.4, 0.5) is 0 Å². The lowest BCUT2D eigenvalue weighted by molar-refractivity contribution is -0.0627. The highest BCUT2D eigenvalue weighted by Crippen LogP contribution is 2.23. The van der Waals surface area contributed by atoms with Crippen molar-refractivity contribution in [1.82, 2.24) is 5.32 Å². The van der Waals surface area contributed by atoms with E-state index in [0.717, 1.165) is 32.4 Å². The lowest BCUT2D eigenvalue weighted by Gasteiger charge is -2.36. The predicted octanol–water partition coefficient (Wildman–Crippen LogP) is 2.78. The van der Waals surface area contributed by atoms with Gasteiger partial charge in [0.1, 0.15) is 0 Å². The SMILES string of the molecule is CC1(C)CC(NCCc2ccccc2)CCO1. The summed E-state index contributed by atoms with van der Waals surface area (Å²) < 4.78 is 5.72. The van der Waals surface area contributed by atoms with Gasteiger partial charge in [0.05, 0.1) is 5.60 Å². The van der Waals surface area contributed by atoms with Gasteiger partial charge in [-0.15, -0.1) is 0 Å². The molecule has 2 heteroatoms. The van der Waals surface area contributed by atoms with Crippen LogP contribution in [0.25, 0.3) is 0 Å². The molecule has 2 nitrogen and oxygen atoms in total. The van der Waals surface area contributed by atoms with Gasteiger partial charge in [-0.2, -0.15) is 0 Å². The summed E-state index contributed by atoms with van der Waals surface area (Å²) >= 11 is 0. The molecule has 17 heavy (non-hydrogen) atoms. The molecule has 0 radical (unpaired) electrons. The first-order valence-corrected chi connectivity index (χ1v) is 6.57.